The lowest BCUT2D eigenvalue weighted by molar-refractivity contribution is 0.224. The van der Waals surface area contributed by atoms with Gasteiger partial charge in [0.05, 0.1) is 11.2 Å². The van der Waals surface area contributed by atoms with Gasteiger partial charge in [0.2, 0.25) is 5.95 Å². The number of nitrogens with one attached hydrogen (secondary N) is 2. The second kappa shape index (κ2) is 8.81. The molecular weight excluding hydrogens is 395 g/mol. The molecule has 10 heteroatoms. The number of rotatable bonds is 6. The second-order valence-electron chi connectivity index (χ2n) is 6.95. The SMILES string of the molecule is NCCN1CCC(Nc2ncc3ncnc(Nc4ccc(F)c(Cl)c4)c3n2)CC1. The Kier molecular flexibility index (Phi) is 5.98. The van der Waals surface area contributed by atoms with Gasteiger partial charge >= 0.3 is 0 Å². The third-order valence-corrected chi connectivity index (χ3v) is 5.22. The van der Waals surface area contributed by atoms with E-state index in [0.717, 1.165) is 32.5 Å². The van der Waals surface area contributed by atoms with E-state index in [4.69, 9.17) is 17.3 Å². The van der Waals surface area contributed by atoms with Gasteiger partial charge in [-0.2, -0.15) is 0 Å². The molecule has 0 unspecified atom stereocenters. The summed E-state index contributed by atoms with van der Waals surface area (Å²) in [5.41, 5.74) is 7.43. The first-order chi connectivity index (χ1) is 14.1. The number of fused-ring (bicyclic) bond motifs is 1. The molecule has 1 fully saturated rings. The number of piperidine rings is 1. The number of benzene rings is 1. The van der Waals surface area contributed by atoms with E-state index in [-0.39, 0.29) is 5.02 Å². The van der Waals surface area contributed by atoms with Crippen molar-refractivity contribution in [2.24, 2.45) is 5.73 Å². The van der Waals surface area contributed by atoms with Gasteiger partial charge in [-0.25, -0.2) is 24.3 Å². The summed E-state index contributed by atoms with van der Waals surface area (Å²) in [6.45, 7) is 3.62. The third-order valence-electron chi connectivity index (χ3n) is 4.93. The Morgan fingerprint density at radius 2 is 2.03 bits per heavy atom. The molecule has 1 aliphatic rings. The molecule has 4 N–H and O–H groups in total. The minimum Gasteiger partial charge on any atom is -0.351 e. The van der Waals surface area contributed by atoms with Crippen LogP contribution in [-0.4, -0.2) is 57.1 Å². The number of aromatic nitrogens is 4. The van der Waals surface area contributed by atoms with Crippen molar-refractivity contribution in [3.8, 4) is 0 Å². The second-order valence-corrected chi connectivity index (χ2v) is 7.36. The molecule has 0 radical (unpaired) electrons. The Labute approximate surface area is 172 Å². The highest BCUT2D eigenvalue weighted by Crippen LogP contribution is 2.25. The normalized spacial score (nSPS) is 15.6. The summed E-state index contributed by atoms with van der Waals surface area (Å²) >= 11 is 5.87. The average molecular weight is 417 g/mol. The zero-order valence-electron chi connectivity index (χ0n) is 15.8. The minimum absolute atomic E-state index is 0.0336. The molecule has 8 nitrogen and oxygen atoms in total. The topological polar surface area (TPSA) is 105 Å². The van der Waals surface area contributed by atoms with Crippen molar-refractivity contribution >= 4 is 40.1 Å². The molecule has 4 rings (SSSR count). The van der Waals surface area contributed by atoms with Crippen LogP contribution in [0.3, 0.4) is 0 Å². The van der Waals surface area contributed by atoms with Crippen molar-refractivity contribution in [2.75, 3.05) is 36.8 Å². The van der Waals surface area contributed by atoms with E-state index in [1.807, 2.05) is 0 Å². The highest BCUT2D eigenvalue weighted by molar-refractivity contribution is 6.31. The standard InChI is InChI=1S/C19H22ClFN8/c20-14-9-13(1-2-15(14)21)26-18-17-16(24-11-25-18)10-23-19(28-17)27-12-3-6-29(7-4-12)8-5-22/h1-2,9-12H,3-8,22H2,(H,23,27,28)(H,24,25,26). The average Bonchev–Trinajstić information content (AvgIpc) is 2.73. The van der Waals surface area contributed by atoms with E-state index >= 15 is 0 Å². The van der Waals surface area contributed by atoms with Crippen LogP contribution in [0.4, 0.5) is 21.8 Å². The fourth-order valence-corrected chi connectivity index (χ4v) is 3.57. The highest BCUT2D eigenvalue weighted by Gasteiger charge is 2.19. The predicted molar refractivity (Wildman–Crippen MR) is 112 cm³/mol. The smallest absolute Gasteiger partial charge is 0.223 e. The zero-order valence-corrected chi connectivity index (χ0v) is 16.5. The molecular formula is C19H22ClFN8. The van der Waals surface area contributed by atoms with E-state index in [2.05, 4.69) is 35.5 Å². The Morgan fingerprint density at radius 3 is 2.79 bits per heavy atom. The van der Waals surface area contributed by atoms with Crippen molar-refractivity contribution in [1.82, 2.24) is 24.8 Å². The van der Waals surface area contributed by atoms with E-state index < -0.39 is 5.82 Å². The predicted octanol–water partition coefficient (Wildman–Crippen LogP) is 2.79. The molecule has 0 aliphatic carbocycles. The summed E-state index contributed by atoms with van der Waals surface area (Å²) in [6, 6.07) is 4.69. The Morgan fingerprint density at radius 1 is 1.21 bits per heavy atom. The highest BCUT2D eigenvalue weighted by atomic mass is 35.5. The third kappa shape index (κ3) is 4.69. The number of nitrogens with zero attached hydrogens (tertiary/aromatic N) is 5. The van der Waals surface area contributed by atoms with E-state index in [0.29, 0.717) is 41.1 Å². The number of nitrogens with two attached hydrogens (primary N) is 1. The fourth-order valence-electron chi connectivity index (χ4n) is 3.39. The van der Waals surface area contributed by atoms with Gasteiger partial charge in [-0.05, 0) is 31.0 Å². The molecule has 1 saturated heterocycles. The van der Waals surface area contributed by atoms with Gasteiger partial charge in [0.15, 0.2) is 5.82 Å². The van der Waals surface area contributed by atoms with Gasteiger partial charge in [0, 0.05) is 37.9 Å². The van der Waals surface area contributed by atoms with Gasteiger partial charge in [0.25, 0.3) is 0 Å². The zero-order chi connectivity index (χ0) is 20.2. The molecule has 0 spiro atoms. The van der Waals surface area contributed by atoms with Gasteiger partial charge in [-0.3, -0.25) is 0 Å². The number of halogens is 2. The molecule has 2 aromatic heterocycles. The van der Waals surface area contributed by atoms with Crippen LogP contribution in [0.5, 0.6) is 0 Å². The van der Waals surface area contributed by atoms with Crippen molar-refractivity contribution in [2.45, 2.75) is 18.9 Å². The van der Waals surface area contributed by atoms with E-state index in [1.165, 1.54) is 18.5 Å². The van der Waals surface area contributed by atoms with Crippen molar-refractivity contribution < 1.29 is 4.39 Å². The van der Waals surface area contributed by atoms with Crippen LogP contribution in [-0.2, 0) is 0 Å². The van der Waals surface area contributed by atoms with Crippen LogP contribution in [0.25, 0.3) is 11.0 Å². The molecule has 152 valence electrons. The number of hydrogen-bond acceptors (Lipinski definition) is 8. The molecule has 0 atom stereocenters. The van der Waals surface area contributed by atoms with Gasteiger partial charge in [0.1, 0.15) is 23.2 Å². The lowest BCUT2D eigenvalue weighted by atomic mass is 10.1. The molecule has 1 aliphatic heterocycles. The quantitative estimate of drug-likeness (QED) is 0.563. The van der Waals surface area contributed by atoms with Crippen molar-refractivity contribution in [3.05, 3.63) is 41.6 Å². The molecule has 0 amide bonds. The van der Waals surface area contributed by atoms with Crippen LogP contribution >= 0.6 is 11.6 Å². The van der Waals surface area contributed by atoms with Crippen LogP contribution in [0, 0.1) is 5.82 Å². The van der Waals surface area contributed by atoms with Crippen LogP contribution in [0.1, 0.15) is 12.8 Å². The minimum atomic E-state index is -0.476. The summed E-state index contributed by atoms with van der Waals surface area (Å²) in [5.74, 6) is 0.557. The Hall–Kier alpha value is -2.62. The first-order valence-electron chi connectivity index (χ1n) is 9.51. The first kappa shape index (κ1) is 19.7. The Balaban J connectivity index is 1.52. The summed E-state index contributed by atoms with van der Waals surface area (Å²) in [6.07, 6.45) is 5.11. The molecule has 0 bridgehead atoms. The van der Waals surface area contributed by atoms with Crippen LogP contribution in [0.15, 0.2) is 30.7 Å². The van der Waals surface area contributed by atoms with Gasteiger partial charge in [-0.15, -0.1) is 0 Å². The summed E-state index contributed by atoms with van der Waals surface area (Å²) in [4.78, 5) is 19.9. The monoisotopic (exact) mass is 416 g/mol. The first-order valence-corrected chi connectivity index (χ1v) is 9.89. The number of likely N-dealkylation sites (tertiary alicyclic amines) is 1. The van der Waals surface area contributed by atoms with Crippen molar-refractivity contribution in [1.29, 1.82) is 0 Å². The lowest BCUT2D eigenvalue weighted by Crippen LogP contribution is -2.41. The summed E-state index contributed by atoms with van der Waals surface area (Å²) < 4.78 is 13.4. The lowest BCUT2D eigenvalue weighted by Gasteiger charge is -2.31. The van der Waals surface area contributed by atoms with Crippen molar-refractivity contribution in [3.63, 3.8) is 0 Å². The van der Waals surface area contributed by atoms with E-state index in [1.54, 1.807) is 12.3 Å². The molecule has 3 heterocycles. The summed E-state index contributed by atoms with van der Waals surface area (Å²) in [7, 11) is 0. The maximum absolute atomic E-state index is 13.4. The van der Waals surface area contributed by atoms with Gasteiger partial charge in [-0.1, -0.05) is 11.6 Å². The molecule has 3 aromatic rings. The van der Waals surface area contributed by atoms with Crippen LogP contribution < -0.4 is 16.4 Å². The van der Waals surface area contributed by atoms with E-state index in [9.17, 15) is 4.39 Å². The summed E-state index contributed by atoms with van der Waals surface area (Å²) in [5, 5.41) is 6.57. The molecule has 1 aromatic carbocycles. The fraction of sp³-hybridized carbons (Fsp3) is 0.368. The largest absolute Gasteiger partial charge is 0.351 e. The maximum atomic E-state index is 13.4. The van der Waals surface area contributed by atoms with Gasteiger partial charge < -0.3 is 21.3 Å². The number of anilines is 3. The number of hydrogen-bond donors (Lipinski definition) is 3. The maximum Gasteiger partial charge on any atom is 0.223 e. The Bertz CT molecular complexity index is 993. The van der Waals surface area contributed by atoms with Crippen LogP contribution in [0.2, 0.25) is 5.02 Å². The molecule has 0 saturated carbocycles. The molecule has 29 heavy (non-hydrogen) atoms.